The van der Waals surface area contributed by atoms with Gasteiger partial charge in [-0.3, -0.25) is 4.98 Å². The number of rotatable bonds is 3. The summed E-state index contributed by atoms with van der Waals surface area (Å²) in [4.78, 5) is 17.7. The van der Waals surface area contributed by atoms with E-state index in [1.54, 1.807) is 30.7 Å². The Labute approximate surface area is 283 Å². The topological polar surface area (TPSA) is 69.6 Å². The largest absolute Gasteiger partial charge is 0.500 e. The third kappa shape index (κ3) is 5.26. The van der Waals surface area contributed by atoms with Crippen molar-refractivity contribution in [3.05, 3.63) is 152 Å². The maximum absolute atomic E-state index is 7.23. The van der Waals surface area contributed by atoms with E-state index in [4.69, 9.17) is 13.5 Å². The van der Waals surface area contributed by atoms with Gasteiger partial charge in [-0.05, 0) is 35.6 Å². The molecule has 0 atom stereocenters. The molecular weight excluding hydrogens is 747 g/mol. The smallest absolute Gasteiger partial charge is 0.158 e. The summed E-state index contributed by atoms with van der Waals surface area (Å²) >= 11 is 0. The summed E-state index contributed by atoms with van der Waals surface area (Å²) < 4.78 is 30.3. The molecule has 223 valence electrons. The molecule has 0 spiro atoms. The molecule has 4 aromatic heterocycles. The van der Waals surface area contributed by atoms with Crippen molar-refractivity contribution >= 4 is 43.9 Å². The van der Waals surface area contributed by atoms with Gasteiger partial charge < -0.3 is 14.0 Å². The van der Waals surface area contributed by atoms with Gasteiger partial charge in [-0.1, -0.05) is 77.7 Å². The second kappa shape index (κ2) is 12.5. The maximum Gasteiger partial charge on any atom is 0.158 e. The number of fused-ring (bicyclic) bond motifs is 6. The zero-order chi connectivity index (χ0) is 32.7. The number of nitrogens with zero attached hydrogens (tertiary/aromatic N) is 5. The van der Waals surface area contributed by atoms with E-state index >= 15 is 0 Å². The van der Waals surface area contributed by atoms with Crippen LogP contribution in [0.2, 0.25) is 0 Å². The van der Waals surface area contributed by atoms with Gasteiger partial charge in [-0.25, -0.2) is 9.97 Å². The number of pyridine rings is 1. The van der Waals surface area contributed by atoms with E-state index < -0.39 is 6.85 Å². The second-order valence-corrected chi connectivity index (χ2v) is 10.4. The van der Waals surface area contributed by atoms with Crippen LogP contribution in [0, 0.1) is 19.0 Å². The van der Waals surface area contributed by atoms with Gasteiger partial charge >= 0.3 is 0 Å². The number of benzene rings is 5. The molecule has 6 nitrogen and oxygen atoms in total. The summed E-state index contributed by atoms with van der Waals surface area (Å²) in [6.07, 6.45) is 4.67. The van der Waals surface area contributed by atoms with Crippen molar-refractivity contribution in [3.63, 3.8) is 0 Å². The average molecular weight is 775 g/mol. The van der Waals surface area contributed by atoms with Gasteiger partial charge in [0, 0.05) is 46.9 Å². The average Bonchev–Trinajstić information content (AvgIpc) is 3.72. The maximum atomic E-state index is 7.23. The zero-order valence-electron chi connectivity index (χ0n) is 27.2. The van der Waals surface area contributed by atoms with Gasteiger partial charge in [0.1, 0.15) is 17.4 Å². The Morgan fingerprint density at radius 3 is 2.39 bits per heavy atom. The summed E-state index contributed by atoms with van der Waals surface area (Å²) in [5, 5.41) is 4.36. The first kappa shape index (κ1) is 25.8. The van der Waals surface area contributed by atoms with E-state index in [0.717, 1.165) is 72.2 Å². The first-order chi connectivity index (χ1) is 23.5. The van der Waals surface area contributed by atoms with E-state index in [9.17, 15) is 0 Å². The molecule has 0 aliphatic heterocycles. The first-order valence-corrected chi connectivity index (χ1v) is 14.4. The molecule has 0 bridgehead atoms. The van der Waals surface area contributed by atoms with E-state index in [1.807, 2.05) is 71.3 Å². The Morgan fingerprint density at radius 2 is 1.57 bits per heavy atom. The molecular formula is C39H25IrN5O-2. The molecule has 0 aliphatic rings. The minimum absolute atomic E-state index is 0. The van der Waals surface area contributed by atoms with Crippen LogP contribution in [0.25, 0.3) is 72.2 Å². The molecule has 7 heteroatoms. The number of hydrogen-bond acceptors (Lipinski definition) is 5. The number of para-hydroxylation sites is 1. The van der Waals surface area contributed by atoms with Crippen LogP contribution >= 0.6 is 0 Å². The molecule has 0 saturated heterocycles. The Bertz CT molecular complexity index is 2550. The number of imidazole rings is 1. The summed E-state index contributed by atoms with van der Waals surface area (Å²) in [7, 11) is 0. The quantitative estimate of drug-likeness (QED) is 0.168. The van der Waals surface area contributed by atoms with Crippen molar-refractivity contribution in [1.82, 2.24) is 24.5 Å². The Morgan fingerprint density at radius 1 is 0.717 bits per heavy atom. The van der Waals surface area contributed by atoms with E-state index in [0.29, 0.717) is 0 Å². The van der Waals surface area contributed by atoms with Gasteiger partial charge in [0.15, 0.2) is 5.65 Å². The molecule has 0 unspecified atom stereocenters. The molecule has 0 amide bonds. The van der Waals surface area contributed by atoms with Crippen molar-refractivity contribution < 1.29 is 28.6 Å². The van der Waals surface area contributed by atoms with E-state index in [2.05, 4.69) is 57.4 Å². The van der Waals surface area contributed by atoms with Crippen LogP contribution in [0.5, 0.6) is 0 Å². The SMILES string of the molecule is [2H]C([2H])([2H])c1ccc(-c2[c-]cccc2)nc1.[Ir].[c-]1ccc2c(oc3c4ccccc4ccc23)c1-c1nc2cncnc2n1-c1ccccc1. The molecule has 46 heavy (non-hydrogen) atoms. The molecule has 5 aromatic carbocycles. The zero-order valence-corrected chi connectivity index (χ0v) is 26.6. The second-order valence-electron chi connectivity index (χ2n) is 10.4. The van der Waals surface area contributed by atoms with Crippen molar-refractivity contribution in [2.75, 3.05) is 0 Å². The van der Waals surface area contributed by atoms with Crippen LogP contribution < -0.4 is 0 Å². The van der Waals surface area contributed by atoms with Crippen molar-refractivity contribution in [2.45, 2.75) is 6.85 Å². The molecule has 0 aliphatic carbocycles. The Kier molecular flexibility index (Phi) is 7.00. The molecule has 0 N–H and O–H groups in total. The molecule has 0 saturated carbocycles. The monoisotopic (exact) mass is 775 g/mol. The van der Waals surface area contributed by atoms with Crippen LogP contribution in [-0.4, -0.2) is 24.5 Å². The third-order valence-corrected chi connectivity index (χ3v) is 7.63. The van der Waals surface area contributed by atoms with E-state index in [-0.39, 0.29) is 25.7 Å². The van der Waals surface area contributed by atoms with Crippen molar-refractivity contribution in [3.8, 4) is 28.3 Å². The number of aryl methyl sites for hydroxylation is 1. The summed E-state index contributed by atoms with van der Waals surface area (Å²) in [5.74, 6) is 0.723. The molecule has 9 rings (SSSR count). The molecule has 0 fully saturated rings. The van der Waals surface area contributed by atoms with E-state index in [1.165, 1.54) is 6.20 Å². The number of aromatic nitrogens is 5. The van der Waals surface area contributed by atoms with Crippen LogP contribution in [0.4, 0.5) is 0 Å². The summed E-state index contributed by atoms with van der Waals surface area (Å²) in [6, 6.07) is 43.8. The fourth-order valence-corrected chi connectivity index (χ4v) is 5.56. The fraction of sp³-hybridized carbons (Fsp3) is 0.0256. The molecule has 4 heterocycles. The minimum Gasteiger partial charge on any atom is -0.500 e. The van der Waals surface area contributed by atoms with Crippen LogP contribution in [0.15, 0.2) is 138 Å². The third-order valence-electron chi connectivity index (χ3n) is 7.63. The fourth-order valence-electron chi connectivity index (χ4n) is 5.56. The first-order valence-electron chi connectivity index (χ1n) is 15.9. The predicted molar refractivity (Wildman–Crippen MR) is 179 cm³/mol. The van der Waals surface area contributed by atoms with Crippen LogP contribution in [-0.2, 0) is 20.1 Å². The summed E-state index contributed by atoms with van der Waals surface area (Å²) in [6.45, 7) is -2.09. The Hall–Kier alpha value is -5.49. The van der Waals surface area contributed by atoms with Crippen LogP contribution in [0.1, 0.15) is 9.68 Å². The minimum atomic E-state index is -2.09. The number of furan rings is 1. The van der Waals surface area contributed by atoms with Gasteiger partial charge in [0.25, 0.3) is 0 Å². The van der Waals surface area contributed by atoms with Gasteiger partial charge in [0.2, 0.25) is 0 Å². The summed E-state index contributed by atoms with van der Waals surface area (Å²) in [5.41, 5.74) is 6.72. The predicted octanol–water partition coefficient (Wildman–Crippen LogP) is 9.19. The van der Waals surface area contributed by atoms with Gasteiger partial charge in [0.05, 0.1) is 17.6 Å². The standard InChI is InChI=1S/C27H15N4O.C12H10N.Ir/c1-2-8-18(9-3-1)31-26(30-23-15-28-16-29-27(23)31)22-12-6-11-20-21-14-13-17-7-4-5-10-19(17)24(21)32-25(20)22;1-10-7-8-12(13-9-10)11-5-3-2-4-6-11;/h1-11,13-16H;2-5,7-9H,1H3;/q2*-1;/i;1D3;. The number of hydrogen-bond donors (Lipinski definition) is 0. The van der Waals surface area contributed by atoms with Crippen LogP contribution in [0.3, 0.4) is 0 Å². The van der Waals surface area contributed by atoms with Crippen molar-refractivity contribution in [2.24, 2.45) is 0 Å². The Balaban J connectivity index is 0.000000189. The van der Waals surface area contributed by atoms with Gasteiger partial charge in [-0.2, -0.15) is 0 Å². The molecule has 9 aromatic rings. The molecule has 1 radical (unpaired) electrons. The normalized spacial score (nSPS) is 12.2. The van der Waals surface area contributed by atoms with Crippen molar-refractivity contribution in [1.29, 1.82) is 0 Å². The van der Waals surface area contributed by atoms with Gasteiger partial charge in [-0.15, -0.1) is 54.1 Å².